The van der Waals surface area contributed by atoms with Crippen LogP contribution in [0.4, 0.5) is 0 Å². The summed E-state index contributed by atoms with van der Waals surface area (Å²) in [6.45, 7) is 8.65. The van der Waals surface area contributed by atoms with E-state index in [0.29, 0.717) is 18.1 Å². The highest BCUT2D eigenvalue weighted by Gasteiger charge is 2.33. The van der Waals surface area contributed by atoms with E-state index < -0.39 is 0 Å². The molecule has 0 aromatic carbocycles. The van der Waals surface area contributed by atoms with Crippen LogP contribution in [0, 0.1) is 5.41 Å². The molecular weight excluding hydrogens is 236 g/mol. The van der Waals surface area contributed by atoms with E-state index in [2.05, 4.69) is 24.1 Å². The van der Waals surface area contributed by atoms with Gasteiger partial charge in [-0.05, 0) is 63.6 Å². The maximum atomic E-state index is 9.29. The van der Waals surface area contributed by atoms with Crippen LogP contribution < -0.4 is 5.32 Å². The van der Waals surface area contributed by atoms with Crippen LogP contribution >= 0.6 is 0 Å². The number of aliphatic hydroxyl groups excluding tert-OH is 1. The molecule has 0 amide bonds. The van der Waals surface area contributed by atoms with Gasteiger partial charge in [0, 0.05) is 12.1 Å². The topological polar surface area (TPSA) is 35.5 Å². The van der Waals surface area contributed by atoms with Gasteiger partial charge in [-0.15, -0.1) is 0 Å². The SMILES string of the molecule is CC1(C)CCC[C@@H]1NCCCCN1CCC[C@@H]1CO. The van der Waals surface area contributed by atoms with Crippen LogP contribution in [-0.4, -0.2) is 48.3 Å². The normalized spacial score (nSPS) is 31.1. The Morgan fingerprint density at radius 3 is 2.74 bits per heavy atom. The molecule has 0 radical (unpaired) electrons. The fraction of sp³-hybridized carbons (Fsp3) is 1.00. The Bertz CT molecular complexity index is 267. The minimum Gasteiger partial charge on any atom is -0.395 e. The molecule has 0 spiro atoms. The molecule has 2 aliphatic rings. The van der Waals surface area contributed by atoms with E-state index in [-0.39, 0.29) is 0 Å². The molecule has 2 N–H and O–H groups in total. The van der Waals surface area contributed by atoms with Crippen molar-refractivity contribution in [3.63, 3.8) is 0 Å². The summed E-state index contributed by atoms with van der Waals surface area (Å²) in [4.78, 5) is 2.47. The molecule has 0 unspecified atom stereocenters. The zero-order valence-corrected chi connectivity index (χ0v) is 12.8. The standard InChI is InChI=1S/C16H32N2O/c1-16(2)9-5-8-15(16)17-10-3-4-11-18-12-6-7-14(18)13-19/h14-15,17,19H,3-13H2,1-2H3/t14-,15+/m1/s1. The summed E-state index contributed by atoms with van der Waals surface area (Å²) in [5, 5.41) is 13.0. The van der Waals surface area contributed by atoms with Crippen molar-refractivity contribution in [1.82, 2.24) is 10.2 Å². The van der Waals surface area contributed by atoms with Crippen LogP contribution in [0.5, 0.6) is 0 Å². The van der Waals surface area contributed by atoms with Crippen molar-refractivity contribution in [2.24, 2.45) is 5.41 Å². The quantitative estimate of drug-likeness (QED) is 0.696. The van der Waals surface area contributed by atoms with E-state index in [0.717, 1.165) is 12.6 Å². The predicted molar refractivity (Wildman–Crippen MR) is 80.3 cm³/mol. The van der Waals surface area contributed by atoms with Gasteiger partial charge >= 0.3 is 0 Å². The lowest BCUT2D eigenvalue weighted by atomic mass is 9.87. The van der Waals surface area contributed by atoms with Crippen molar-refractivity contribution < 1.29 is 5.11 Å². The summed E-state index contributed by atoms with van der Waals surface area (Å²) >= 11 is 0. The molecule has 2 atom stereocenters. The highest BCUT2D eigenvalue weighted by atomic mass is 16.3. The van der Waals surface area contributed by atoms with Gasteiger partial charge in [0.05, 0.1) is 6.61 Å². The maximum Gasteiger partial charge on any atom is 0.0586 e. The van der Waals surface area contributed by atoms with E-state index in [1.54, 1.807) is 0 Å². The number of hydrogen-bond acceptors (Lipinski definition) is 3. The average Bonchev–Trinajstić information content (AvgIpc) is 2.95. The van der Waals surface area contributed by atoms with Crippen LogP contribution in [0.15, 0.2) is 0 Å². The molecule has 0 bridgehead atoms. The molecule has 1 aliphatic carbocycles. The monoisotopic (exact) mass is 268 g/mol. The third-order valence-electron chi connectivity index (χ3n) is 5.23. The lowest BCUT2D eigenvalue weighted by molar-refractivity contribution is 0.156. The summed E-state index contributed by atoms with van der Waals surface area (Å²) in [7, 11) is 0. The van der Waals surface area contributed by atoms with E-state index in [1.165, 1.54) is 58.0 Å². The first-order chi connectivity index (χ1) is 9.13. The lowest BCUT2D eigenvalue weighted by Crippen LogP contribution is -2.38. The van der Waals surface area contributed by atoms with Crippen molar-refractivity contribution in [2.75, 3.05) is 26.2 Å². The van der Waals surface area contributed by atoms with Crippen molar-refractivity contribution >= 4 is 0 Å². The second-order valence-corrected chi connectivity index (χ2v) is 7.11. The molecule has 1 heterocycles. The third-order valence-corrected chi connectivity index (χ3v) is 5.23. The molecule has 3 nitrogen and oxygen atoms in total. The molecule has 1 saturated carbocycles. The van der Waals surface area contributed by atoms with Crippen LogP contribution in [0.2, 0.25) is 0 Å². The molecule has 112 valence electrons. The second-order valence-electron chi connectivity index (χ2n) is 7.11. The molecule has 1 aliphatic heterocycles. The first kappa shape index (κ1) is 15.3. The van der Waals surface area contributed by atoms with Crippen LogP contribution in [0.1, 0.15) is 58.8 Å². The molecule has 1 saturated heterocycles. The van der Waals surface area contributed by atoms with E-state index in [9.17, 15) is 5.11 Å². The number of likely N-dealkylation sites (tertiary alicyclic amines) is 1. The van der Waals surface area contributed by atoms with E-state index >= 15 is 0 Å². The van der Waals surface area contributed by atoms with Gasteiger partial charge in [-0.3, -0.25) is 4.90 Å². The van der Waals surface area contributed by atoms with Crippen LogP contribution in [0.3, 0.4) is 0 Å². The fourth-order valence-corrected chi connectivity index (χ4v) is 3.82. The minimum atomic E-state index is 0.342. The van der Waals surface area contributed by atoms with Gasteiger partial charge in [0.25, 0.3) is 0 Å². The molecule has 2 fully saturated rings. The highest BCUT2D eigenvalue weighted by molar-refractivity contribution is 4.90. The summed E-state index contributed by atoms with van der Waals surface area (Å²) < 4.78 is 0. The number of hydrogen-bond donors (Lipinski definition) is 2. The number of unbranched alkanes of at least 4 members (excludes halogenated alkanes) is 1. The maximum absolute atomic E-state index is 9.29. The van der Waals surface area contributed by atoms with Crippen LogP contribution in [0.25, 0.3) is 0 Å². The largest absolute Gasteiger partial charge is 0.395 e. The summed E-state index contributed by atoms with van der Waals surface area (Å²) in [6.07, 6.45) is 9.08. The summed E-state index contributed by atoms with van der Waals surface area (Å²) in [5.41, 5.74) is 0.497. The average molecular weight is 268 g/mol. The van der Waals surface area contributed by atoms with E-state index in [4.69, 9.17) is 0 Å². The second kappa shape index (κ2) is 7.05. The van der Waals surface area contributed by atoms with Gasteiger partial charge in [0.1, 0.15) is 0 Å². The van der Waals surface area contributed by atoms with Crippen molar-refractivity contribution in [3.05, 3.63) is 0 Å². The molecule has 3 heteroatoms. The Kier molecular flexibility index (Phi) is 5.67. The predicted octanol–water partition coefficient (Wildman–Crippen LogP) is 2.39. The van der Waals surface area contributed by atoms with Gasteiger partial charge in [0.15, 0.2) is 0 Å². The Morgan fingerprint density at radius 1 is 1.21 bits per heavy atom. The first-order valence-electron chi connectivity index (χ1n) is 8.22. The molecule has 2 rings (SSSR count). The van der Waals surface area contributed by atoms with Crippen molar-refractivity contribution in [3.8, 4) is 0 Å². The Morgan fingerprint density at radius 2 is 2.05 bits per heavy atom. The van der Waals surface area contributed by atoms with Gasteiger partial charge < -0.3 is 10.4 Å². The molecular formula is C16H32N2O. The molecule has 19 heavy (non-hydrogen) atoms. The third kappa shape index (κ3) is 4.17. The van der Waals surface area contributed by atoms with Crippen molar-refractivity contribution in [2.45, 2.75) is 70.9 Å². The number of aliphatic hydroxyl groups is 1. The number of nitrogens with one attached hydrogen (secondary N) is 1. The smallest absolute Gasteiger partial charge is 0.0586 e. The lowest BCUT2D eigenvalue weighted by Gasteiger charge is -2.28. The summed E-state index contributed by atoms with van der Waals surface area (Å²) in [5.74, 6) is 0. The zero-order valence-electron chi connectivity index (χ0n) is 12.8. The first-order valence-corrected chi connectivity index (χ1v) is 8.22. The Labute approximate surface area is 118 Å². The van der Waals surface area contributed by atoms with Gasteiger partial charge in [-0.25, -0.2) is 0 Å². The number of nitrogens with zero attached hydrogens (tertiary/aromatic N) is 1. The molecule has 0 aromatic rings. The Hall–Kier alpha value is -0.120. The van der Waals surface area contributed by atoms with Gasteiger partial charge in [0.2, 0.25) is 0 Å². The highest BCUT2D eigenvalue weighted by Crippen LogP contribution is 2.37. The van der Waals surface area contributed by atoms with Crippen molar-refractivity contribution in [1.29, 1.82) is 0 Å². The van der Waals surface area contributed by atoms with Gasteiger partial charge in [-0.1, -0.05) is 20.3 Å². The summed E-state index contributed by atoms with van der Waals surface area (Å²) in [6, 6.07) is 1.17. The van der Waals surface area contributed by atoms with Crippen LogP contribution in [-0.2, 0) is 0 Å². The zero-order chi connectivity index (χ0) is 13.7. The van der Waals surface area contributed by atoms with E-state index in [1.807, 2.05) is 0 Å². The minimum absolute atomic E-state index is 0.342. The van der Waals surface area contributed by atoms with Gasteiger partial charge in [-0.2, -0.15) is 0 Å². The molecule has 0 aromatic heterocycles. The fourth-order valence-electron chi connectivity index (χ4n) is 3.82. The Balaban J connectivity index is 1.55. The number of rotatable bonds is 7.